The van der Waals surface area contributed by atoms with Crippen molar-refractivity contribution in [3.8, 4) is 11.5 Å². The van der Waals surface area contributed by atoms with Gasteiger partial charge >= 0.3 is 5.97 Å². The number of hydrogen-bond donors (Lipinski definition) is 1. The summed E-state index contributed by atoms with van der Waals surface area (Å²) < 4.78 is 10.3. The molecule has 1 aromatic rings. The van der Waals surface area contributed by atoms with Gasteiger partial charge in [0.1, 0.15) is 17.0 Å². The lowest BCUT2D eigenvalue weighted by Gasteiger charge is -2.31. The second-order valence-electron chi connectivity index (χ2n) is 5.21. The van der Waals surface area contributed by atoms with E-state index in [0.717, 1.165) is 0 Å². The second-order valence-corrected chi connectivity index (χ2v) is 5.21. The van der Waals surface area contributed by atoms with Gasteiger partial charge in [-0.1, -0.05) is 0 Å². The van der Waals surface area contributed by atoms with Gasteiger partial charge in [-0.05, 0) is 31.9 Å². The van der Waals surface area contributed by atoms with Crippen molar-refractivity contribution in [1.29, 1.82) is 0 Å². The predicted molar refractivity (Wildman–Crippen MR) is 75.9 cm³/mol. The van der Waals surface area contributed by atoms with Crippen molar-refractivity contribution in [3.05, 3.63) is 23.8 Å². The number of rotatable bonds is 4. The van der Waals surface area contributed by atoms with Gasteiger partial charge in [-0.25, -0.2) is 4.79 Å². The average Bonchev–Trinajstić information content (AvgIpc) is 2.89. The number of amides is 1. The summed E-state index contributed by atoms with van der Waals surface area (Å²) in [7, 11) is 2.99. The fraction of sp³-hybridized carbons (Fsp3) is 0.467. The summed E-state index contributed by atoms with van der Waals surface area (Å²) in [4.78, 5) is 25.6. The molecule has 1 atom stereocenters. The van der Waals surface area contributed by atoms with E-state index in [0.29, 0.717) is 36.4 Å². The van der Waals surface area contributed by atoms with Gasteiger partial charge in [-0.15, -0.1) is 0 Å². The molecule has 6 heteroatoms. The number of nitrogens with zero attached hydrogens (tertiary/aromatic N) is 1. The minimum absolute atomic E-state index is 0.336. The molecule has 1 aliphatic heterocycles. The number of ether oxygens (including phenoxy) is 2. The number of carbonyl (C=O) groups is 2. The molecule has 0 spiro atoms. The van der Waals surface area contributed by atoms with Gasteiger partial charge in [-0.2, -0.15) is 0 Å². The molecule has 1 unspecified atom stereocenters. The molecule has 6 nitrogen and oxygen atoms in total. The monoisotopic (exact) mass is 293 g/mol. The Balaban J connectivity index is 2.38. The third-order valence-electron chi connectivity index (χ3n) is 3.99. The van der Waals surface area contributed by atoms with Crippen LogP contribution >= 0.6 is 0 Å². The lowest BCUT2D eigenvalue weighted by molar-refractivity contribution is -0.147. The summed E-state index contributed by atoms with van der Waals surface area (Å²) in [6.45, 7) is 2.01. The molecule has 0 radical (unpaired) electrons. The van der Waals surface area contributed by atoms with Crippen LogP contribution in [0.1, 0.15) is 30.1 Å². The van der Waals surface area contributed by atoms with E-state index in [4.69, 9.17) is 9.47 Å². The molecule has 114 valence electrons. The predicted octanol–water partition coefficient (Wildman–Crippen LogP) is 1.78. The van der Waals surface area contributed by atoms with Crippen molar-refractivity contribution >= 4 is 11.9 Å². The summed E-state index contributed by atoms with van der Waals surface area (Å²) in [5.74, 6) is -0.373. The Hall–Kier alpha value is -2.24. The highest BCUT2D eigenvalue weighted by Gasteiger charge is 2.46. The molecule has 1 fully saturated rings. The van der Waals surface area contributed by atoms with Crippen molar-refractivity contribution in [2.24, 2.45) is 0 Å². The van der Waals surface area contributed by atoms with Gasteiger partial charge in [0, 0.05) is 12.6 Å². The maximum absolute atomic E-state index is 12.7. The van der Waals surface area contributed by atoms with Crippen LogP contribution in [-0.2, 0) is 4.79 Å². The molecule has 1 aromatic carbocycles. The highest BCUT2D eigenvalue weighted by Crippen LogP contribution is 2.33. The second kappa shape index (κ2) is 5.63. The van der Waals surface area contributed by atoms with Crippen molar-refractivity contribution in [3.63, 3.8) is 0 Å². The summed E-state index contributed by atoms with van der Waals surface area (Å²) >= 11 is 0. The average molecular weight is 293 g/mol. The lowest BCUT2D eigenvalue weighted by atomic mass is 9.98. The zero-order chi connectivity index (χ0) is 15.6. The maximum Gasteiger partial charge on any atom is 0.329 e. The normalized spacial score (nSPS) is 21.2. The topological polar surface area (TPSA) is 76.1 Å². The van der Waals surface area contributed by atoms with E-state index < -0.39 is 11.5 Å². The van der Waals surface area contributed by atoms with E-state index in [1.54, 1.807) is 25.1 Å². The number of benzene rings is 1. The molecular formula is C15H19NO5. The van der Waals surface area contributed by atoms with Crippen LogP contribution in [0.25, 0.3) is 0 Å². The fourth-order valence-electron chi connectivity index (χ4n) is 2.63. The molecule has 0 aromatic heterocycles. The molecule has 0 saturated carbocycles. The number of methoxy groups -OCH3 is 2. The van der Waals surface area contributed by atoms with E-state index in [9.17, 15) is 14.7 Å². The standard InChI is InChI=1S/C15H19NO5/c1-15(14(18)19)7-4-8-16(15)13(17)11-6-5-10(20-2)9-12(11)21-3/h5-6,9H,4,7-8H2,1-3H3,(H,18,19). The van der Waals surface area contributed by atoms with E-state index in [2.05, 4.69) is 0 Å². The molecule has 1 amide bonds. The van der Waals surface area contributed by atoms with Crippen LogP contribution in [0, 0.1) is 0 Å². The summed E-state index contributed by atoms with van der Waals surface area (Å²) in [6.07, 6.45) is 1.12. The quantitative estimate of drug-likeness (QED) is 0.915. The molecule has 1 N–H and O–H groups in total. The molecule has 1 heterocycles. The molecule has 0 bridgehead atoms. The molecular weight excluding hydrogens is 274 g/mol. The first-order valence-electron chi connectivity index (χ1n) is 6.71. The maximum atomic E-state index is 12.7. The third-order valence-corrected chi connectivity index (χ3v) is 3.99. The van der Waals surface area contributed by atoms with Gasteiger partial charge in [0.05, 0.1) is 19.8 Å². The molecule has 1 saturated heterocycles. The van der Waals surface area contributed by atoms with Crippen molar-refractivity contribution in [2.45, 2.75) is 25.3 Å². The SMILES string of the molecule is COc1ccc(C(=O)N2CCCC2(C)C(=O)O)c(OC)c1. The van der Waals surface area contributed by atoms with Crippen LogP contribution in [0.2, 0.25) is 0 Å². The number of likely N-dealkylation sites (tertiary alicyclic amines) is 1. The van der Waals surface area contributed by atoms with Gasteiger partial charge in [-0.3, -0.25) is 4.79 Å². The highest BCUT2D eigenvalue weighted by molar-refractivity contribution is 6.00. The van der Waals surface area contributed by atoms with Crippen LogP contribution in [0.3, 0.4) is 0 Å². The summed E-state index contributed by atoms with van der Waals surface area (Å²) in [6, 6.07) is 4.87. The molecule has 2 rings (SSSR count). The fourth-order valence-corrected chi connectivity index (χ4v) is 2.63. The summed E-state index contributed by atoms with van der Waals surface area (Å²) in [5, 5.41) is 9.40. The highest BCUT2D eigenvalue weighted by atomic mass is 16.5. The number of hydrogen-bond acceptors (Lipinski definition) is 4. The van der Waals surface area contributed by atoms with E-state index in [-0.39, 0.29) is 5.91 Å². The van der Waals surface area contributed by atoms with Crippen LogP contribution in [0.15, 0.2) is 18.2 Å². The third kappa shape index (κ3) is 2.53. The molecule has 0 aliphatic carbocycles. The first-order chi connectivity index (χ1) is 9.93. The Bertz CT molecular complexity index is 571. The van der Waals surface area contributed by atoms with E-state index >= 15 is 0 Å². The first-order valence-corrected chi connectivity index (χ1v) is 6.71. The van der Waals surface area contributed by atoms with Crippen LogP contribution < -0.4 is 9.47 Å². The Kier molecular flexibility index (Phi) is 4.06. The zero-order valence-electron chi connectivity index (χ0n) is 12.4. The number of aliphatic carboxylic acids is 1. The Morgan fingerprint density at radius 3 is 2.57 bits per heavy atom. The van der Waals surface area contributed by atoms with Crippen LogP contribution in [0.4, 0.5) is 0 Å². The Morgan fingerprint density at radius 2 is 2.00 bits per heavy atom. The largest absolute Gasteiger partial charge is 0.497 e. The van der Waals surface area contributed by atoms with Crippen molar-refractivity contribution in [1.82, 2.24) is 4.90 Å². The van der Waals surface area contributed by atoms with Gasteiger partial charge in [0.25, 0.3) is 5.91 Å². The molecule has 21 heavy (non-hydrogen) atoms. The van der Waals surface area contributed by atoms with Crippen LogP contribution in [-0.4, -0.2) is 48.2 Å². The van der Waals surface area contributed by atoms with E-state index in [1.807, 2.05) is 0 Å². The Labute approximate surface area is 123 Å². The van der Waals surface area contributed by atoms with Crippen LogP contribution in [0.5, 0.6) is 11.5 Å². The summed E-state index contributed by atoms with van der Waals surface area (Å²) in [5.41, 5.74) is -0.824. The number of carboxylic acid groups (broad SMARTS) is 1. The minimum atomic E-state index is -1.16. The van der Waals surface area contributed by atoms with Crippen molar-refractivity contribution in [2.75, 3.05) is 20.8 Å². The van der Waals surface area contributed by atoms with Crippen molar-refractivity contribution < 1.29 is 24.2 Å². The first kappa shape index (κ1) is 15.2. The lowest BCUT2D eigenvalue weighted by Crippen LogP contribution is -2.50. The van der Waals surface area contributed by atoms with Gasteiger partial charge in [0.2, 0.25) is 0 Å². The number of carbonyl (C=O) groups excluding carboxylic acids is 1. The minimum Gasteiger partial charge on any atom is -0.497 e. The van der Waals surface area contributed by atoms with Gasteiger partial charge < -0.3 is 19.5 Å². The van der Waals surface area contributed by atoms with E-state index in [1.165, 1.54) is 19.1 Å². The smallest absolute Gasteiger partial charge is 0.329 e. The van der Waals surface area contributed by atoms with Gasteiger partial charge in [0.15, 0.2) is 0 Å². The Morgan fingerprint density at radius 1 is 1.29 bits per heavy atom. The zero-order valence-corrected chi connectivity index (χ0v) is 12.4. The number of carboxylic acids is 1. The molecule has 1 aliphatic rings.